The molecule has 3 aromatic rings. The molecule has 0 aliphatic heterocycles. The van der Waals surface area contributed by atoms with Gasteiger partial charge in [-0.3, -0.25) is 4.98 Å². The highest BCUT2D eigenvalue weighted by Gasteiger charge is 2.30. The van der Waals surface area contributed by atoms with Gasteiger partial charge in [0.05, 0.1) is 17.0 Å². The van der Waals surface area contributed by atoms with Crippen LogP contribution in [0.2, 0.25) is 0 Å². The molecular weight excluding hydrogens is 361 g/mol. The molecule has 140 valence electrons. The lowest BCUT2D eigenvalue weighted by Crippen LogP contribution is -2.17. The van der Waals surface area contributed by atoms with E-state index < -0.39 is 17.4 Å². The average molecular weight is 376 g/mol. The Balaban J connectivity index is 1.77. The Morgan fingerprint density at radius 2 is 2.00 bits per heavy atom. The van der Waals surface area contributed by atoms with Crippen molar-refractivity contribution in [3.8, 4) is 5.69 Å². The van der Waals surface area contributed by atoms with E-state index in [0.717, 1.165) is 12.1 Å². The third-order valence-electron chi connectivity index (χ3n) is 3.80. The molecule has 0 bridgehead atoms. The van der Waals surface area contributed by atoms with Crippen LogP contribution in [0.4, 0.5) is 13.2 Å². The monoisotopic (exact) mass is 376 g/mol. The first-order valence-electron chi connectivity index (χ1n) is 7.91. The van der Waals surface area contributed by atoms with Crippen LogP contribution in [0.5, 0.6) is 0 Å². The van der Waals surface area contributed by atoms with E-state index in [4.69, 9.17) is 4.84 Å². The standard InChI is InChI=1S/C18H15F3N4O2/c1-12(13-6-4-7-15(9-13)18(19,20)21)24-27-10-14-5-2-3-8-16(14)25-17(26)22-11-23-25/h2-9,11H,10H2,1H3,(H,22,23,26)/b24-12-. The Kier molecular flexibility index (Phi) is 5.11. The van der Waals surface area contributed by atoms with E-state index in [9.17, 15) is 18.0 Å². The van der Waals surface area contributed by atoms with E-state index in [2.05, 4.69) is 15.2 Å². The highest BCUT2D eigenvalue weighted by atomic mass is 19.4. The summed E-state index contributed by atoms with van der Waals surface area (Å²) in [5, 5.41) is 7.81. The summed E-state index contributed by atoms with van der Waals surface area (Å²) in [5.74, 6) is 0. The number of alkyl halides is 3. The maximum atomic E-state index is 12.8. The summed E-state index contributed by atoms with van der Waals surface area (Å²) in [7, 11) is 0. The number of aromatic nitrogens is 3. The quantitative estimate of drug-likeness (QED) is 0.547. The predicted molar refractivity (Wildman–Crippen MR) is 92.6 cm³/mol. The zero-order chi connectivity index (χ0) is 19.4. The summed E-state index contributed by atoms with van der Waals surface area (Å²) in [5.41, 5.74) is 0.629. The minimum absolute atomic E-state index is 0.0196. The smallest absolute Gasteiger partial charge is 0.391 e. The van der Waals surface area contributed by atoms with Crippen LogP contribution in [0, 0.1) is 0 Å². The summed E-state index contributed by atoms with van der Waals surface area (Å²) >= 11 is 0. The first-order chi connectivity index (χ1) is 12.9. The van der Waals surface area contributed by atoms with Crippen LogP contribution in [0.3, 0.4) is 0 Å². The predicted octanol–water partition coefficient (Wildman–Crippen LogP) is 3.52. The summed E-state index contributed by atoms with van der Waals surface area (Å²) < 4.78 is 39.6. The number of para-hydroxylation sites is 1. The van der Waals surface area contributed by atoms with Gasteiger partial charge in [-0.25, -0.2) is 4.79 Å². The second kappa shape index (κ2) is 7.48. The minimum Gasteiger partial charge on any atom is -0.391 e. The van der Waals surface area contributed by atoms with Gasteiger partial charge in [-0.1, -0.05) is 35.5 Å². The van der Waals surface area contributed by atoms with Crippen molar-refractivity contribution in [1.82, 2.24) is 14.8 Å². The lowest BCUT2D eigenvalue weighted by atomic mass is 10.1. The molecular formula is C18H15F3N4O2. The zero-order valence-corrected chi connectivity index (χ0v) is 14.2. The van der Waals surface area contributed by atoms with Crippen LogP contribution < -0.4 is 5.69 Å². The number of benzene rings is 2. The van der Waals surface area contributed by atoms with Crippen molar-refractivity contribution >= 4 is 5.71 Å². The number of hydrogen-bond acceptors (Lipinski definition) is 4. The molecule has 0 unspecified atom stereocenters. The zero-order valence-electron chi connectivity index (χ0n) is 14.2. The lowest BCUT2D eigenvalue weighted by Gasteiger charge is -2.09. The molecule has 0 fully saturated rings. The molecule has 1 heterocycles. The summed E-state index contributed by atoms with van der Waals surface area (Å²) in [6, 6.07) is 11.8. The molecule has 1 aromatic heterocycles. The fraction of sp³-hybridized carbons (Fsp3) is 0.167. The fourth-order valence-electron chi connectivity index (χ4n) is 2.44. The molecule has 0 saturated carbocycles. The van der Waals surface area contributed by atoms with Crippen LogP contribution >= 0.6 is 0 Å². The SMILES string of the molecule is C/C(=N/OCc1ccccc1-n1nc[nH]c1=O)c1cccc(C(F)(F)F)c1. The van der Waals surface area contributed by atoms with Crippen molar-refractivity contribution in [2.24, 2.45) is 5.16 Å². The molecule has 9 heteroatoms. The summed E-state index contributed by atoms with van der Waals surface area (Å²) in [6.45, 7) is 1.57. The molecule has 6 nitrogen and oxygen atoms in total. The number of nitrogens with zero attached hydrogens (tertiary/aromatic N) is 3. The van der Waals surface area contributed by atoms with Crippen LogP contribution in [0.1, 0.15) is 23.6 Å². The number of hydrogen-bond donors (Lipinski definition) is 1. The lowest BCUT2D eigenvalue weighted by molar-refractivity contribution is -0.137. The second-order valence-corrected chi connectivity index (χ2v) is 5.66. The molecule has 27 heavy (non-hydrogen) atoms. The van der Waals surface area contributed by atoms with Crippen LogP contribution in [-0.4, -0.2) is 20.5 Å². The largest absolute Gasteiger partial charge is 0.416 e. The van der Waals surface area contributed by atoms with Crippen molar-refractivity contribution in [2.45, 2.75) is 19.7 Å². The number of halogens is 3. The highest BCUT2D eigenvalue weighted by molar-refractivity contribution is 5.98. The van der Waals surface area contributed by atoms with E-state index in [1.54, 1.807) is 31.2 Å². The van der Waals surface area contributed by atoms with E-state index >= 15 is 0 Å². The van der Waals surface area contributed by atoms with Crippen molar-refractivity contribution in [3.05, 3.63) is 82.0 Å². The van der Waals surface area contributed by atoms with Crippen molar-refractivity contribution in [3.63, 3.8) is 0 Å². The van der Waals surface area contributed by atoms with Gasteiger partial charge in [0, 0.05) is 5.56 Å². The van der Waals surface area contributed by atoms with E-state index in [0.29, 0.717) is 22.5 Å². The van der Waals surface area contributed by atoms with Gasteiger partial charge in [0.2, 0.25) is 0 Å². The topological polar surface area (TPSA) is 72.3 Å². The van der Waals surface area contributed by atoms with Gasteiger partial charge >= 0.3 is 11.9 Å². The van der Waals surface area contributed by atoms with Crippen LogP contribution in [0.25, 0.3) is 5.69 Å². The molecule has 0 spiro atoms. The van der Waals surface area contributed by atoms with Crippen molar-refractivity contribution in [2.75, 3.05) is 0 Å². The third-order valence-corrected chi connectivity index (χ3v) is 3.80. The van der Waals surface area contributed by atoms with Crippen molar-refractivity contribution < 1.29 is 18.0 Å². The first kappa shape index (κ1) is 18.4. The highest BCUT2D eigenvalue weighted by Crippen LogP contribution is 2.29. The Morgan fingerprint density at radius 3 is 2.70 bits per heavy atom. The molecule has 2 aromatic carbocycles. The fourth-order valence-corrected chi connectivity index (χ4v) is 2.44. The van der Waals surface area contributed by atoms with Gasteiger partial charge in [0.15, 0.2) is 0 Å². The van der Waals surface area contributed by atoms with Crippen LogP contribution in [0.15, 0.2) is 64.8 Å². The Bertz CT molecular complexity index is 1020. The normalized spacial score (nSPS) is 12.2. The molecule has 0 aliphatic rings. The molecule has 3 rings (SSSR count). The van der Waals surface area contributed by atoms with Gasteiger partial charge in [-0.2, -0.15) is 23.0 Å². The Hall–Kier alpha value is -3.36. The maximum Gasteiger partial charge on any atom is 0.416 e. The molecule has 0 atom stereocenters. The molecule has 1 N–H and O–H groups in total. The van der Waals surface area contributed by atoms with Gasteiger partial charge in [0.25, 0.3) is 0 Å². The number of rotatable bonds is 5. The van der Waals surface area contributed by atoms with Gasteiger partial charge in [0.1, 0.15) is 12.9 Å². The molecule has 0 saturated heterocycles. The third kappa shape index (κ3) is 4.25. The number of H-pyrrole nitrogens is 1. The molecule has 0 aliphatic carbocycles. The van der Waals surface area contributed by atoms with Crippen LogP contribution in [-0.2, 0) is 17.6 Å². The van der Waals surface area contributed by atoms with Gasteiger partial charge in [-0.05, 0) is 30.7 Å². The van der Waals surface area contributed by atoms with Gasteiger partial charge in [-0.15, -0.1) is 0 Å². The Morgan fingerprint density at radius 1 is 1.22 bits per heavy atom. The van der Waals surface area contributed by atoms with Gasteiger partial charge < -0.3 is 4.84 Å². The Labute approximate surface area is 151 Å². The summed E-state index contributed by atoms with van der Waals surface area (Å²) in [4.78, 5) is 19.5. The average Bonchev–Trinajstić information content (AvgIpc) is 3.07. The molecule has 0 amide bonds. The number of oxime groups is 1. The van der Waals surface area contributed by atoms with Crippen molar-refractivity contribution in [1.29, 1.82) is 0 Å². The maximum absolute atomic E-state index is 12.8. The van der Waals surface area contributed by atoms with E-state index in [1.807, 2.05) is 0 Å². The number of nitrogens with one attached hydrogen (secondary N) is 1. The van der Waals surface area contributed by atoms with E-state index in [1.165, 1.54) is 23.1 Å². The first-order valence-corrected chi connectivity index (χ1v) is 7.91. The van der Waals surface area contributed by atoms with E-state index in [-0.39, 0.29) is 6.61 Å². The second-order valence-electron chi connectivity index (χ2n) is 5.66. The number of aromatic amines is 1. The minimum atomic E-state index is -4.42. The summed E-state index contributed by atoms with van der Waals surface area (Å²) in [6.07, 6.45) is -3.15. The molecule has 0 radical (unpaired) electrons.